The van der Waals surface area contributed by atoms with Crippen LogP contribution in [0.15, 0.2) is 164 Å². The molecule has 0 fully saturated rings. The van der Waals surface area contributed by atoms with Gasteiger partial charge in [0.2, 0.25) is 0 Å². The fourth-order valence-corrected chi connectivity index (χ4v) is 6.46. The molecule has 1 aliphatic heterocycles. The van der Waals surface area contributed by atoms with E-state index in [0.29, 0.717) is 0 Å². The van der Waals surface area contributed by atoms with Crippen molar-refractivity contribution in [2.45, 2.75) is 0 Å². The Labute approximate surface area is 285 Å². The van der Waals surface area contributed by atoms with Gasteiger partial charge in [-0.2, -0.15) is 0 Å². The van der Waals surface area contributed by atoms with Crippen molar-refractivity contribution in [3.63, 3.8) is 0 Å². The first-order valence-electron chi connectivity index (χ1n) is 16.3. The molecule has 0 aliphatic carbocycles. The predicted octanol–water partition coefficient (Wildman–Crippen LogP) is 9.51. The summed E-state index contributed by atoms with van der Waals surface area (Å²) in [5.74, 6) is 0. The van der Waals surface area contributed by atoms with Crippen LogP contribution in [0.2, 0.25) is 0 Å². The normalized spacial score (nSPS) is 12.5. The number of pyridine rings is 5. The van der Waals surface area contributed by atoms with Gasteiger partial charge in [0.05, 0.1) is 28.5 Å². The summed E-state index contributed by atoms with van der Waals surface area (Å²) in [5.41, 5.74) is 13.6. The van der Waals surface area contributed by atoms with E-state index >= 15 is 0 Å². The lowest BCUT2D eigenvalue weighted by molar-refractivity contribution is 0.531. The molecule has 0 bridgehead atoms. The van der Waals surface area contributed by atoms with E-state index in [4.69, 9.17) is 24.9 Å². The average Bonchev–Trinajstić information content (AvgIpc) is 3.19. The number of hydrogen-bond donors (Lipinski definition) is 0. The maximum atomic E-state index is 4.86. The van der Waals surface area contributed by atoms with Gasteiger partial charge < -0.3 is 4.90 Å². The number of nitrogens with zero attached hydrogens (tertiary/aromatic N) is 6. The molecule has 0 atom stereocenters. The summed E-state index contributed by atoms with van der Waals surface area (Å²) in [6, 6.07) is 39.2. The monoisotopic (exact) mass is 632 g/mol. The molecular weight excluding hydrogens is 601 g/mol. The van der Waals surface area contributed by atoms with E-state index in [2.05, 4.69) is 78.7 Å². The fraction of sp³-hybridized carbons (Fsp3) is 0.0465. The minimum atomic E-state index is 0.809. The van der Waals surface area contributed by atoms with Gasteiger partial charge in [0.1, 0.15) is 0 Å². The van der Waals surface area contributed by atoms with Crippen LogP contribution in [0.4, 0.5) is 0 Å². The zero-order chi connectivity index (χ0) is 33.0. The number of rotatable bonds is 7. The van der Waals surface area contributed by atoms with Crippen LogP contribution in [0.3, 0.4) is 0 Å². The number of hydrogen-bond acceptors (Lipinski definition) is 6. The molecule has 0 radical (unpaired) electrons. The van der Waals surface area contributed by atoms with E-state index < -0.39 is 0 Å². The van der Waals surface area contributed by atoms with Crippen molar-refractivity contribution >= 4 is 5.70 Å². The predicted molar refractivity (Wildman–Crippen MR) is 198 cm³/mol. The van der Waals surface area contributed by atoms with Gasteiger partial charge >= 0.3 is 0 Å². The zero-order valence-corrected chi connectivity index (χ0v) is 27.0. The van der Waals surface area contributed by atoms with Gasteiger partial charge in [-0.15, -0.1) is 0 Å². The number of benzene rings is 2. The highest BCUT2D eigenvalue weighted by molar-refractivity contribution is 5.98. The Balaban J connectivity index is 1.48. The molecule has 8 rings (SSSR count). The summed E-state index contributed by atoms with van der Waals surface area (Å²) >= 11 is 0. The van der Waals surface area contributed by atoms with Crippen LogP contribution in [0.25, 0.3) is 73.1 Å². The van der Waals surface area contributed by atoms with E-state index in [0.717, 1.165) is 85.2 Å². The molecule has 0 amide bonds. The molecule has 0 saturated carbocycles. The summed E-state index contributed by atoms with van der Waals surface area (Å²) in [4.78, 5) is 26.5. The lowest BCUT2D eigenvalue weighted by Crippen LogP contribution is -2.19. The van der Waals surface area contributed by atoms with Crippen molar-refractivity contribution in [2.24, 2.45) is 0 Å². The third-order valence-electron chi connectivity index (χ3n) is 8.73. The molecule has 49 heavy (non-hydrogen) atoms. The standard InChI is InChI=1S/C43H32N6/c1-49-25-13-7-19-41(49)35-29-31(28-34(38-16-4-10-22-46-38)43(35)40-18-6-12-24-48-40)30-26-32(36-14-2-8-20-44-36)42(39-17-5-11-23-47-39)33(27-30)37-15-3-9-21-45-37/h2-24,26-29H,25H2,1H3. The van der Waals surface area contributed by atoms with Crippen molar-refractivity contribution in [1.29, 1.82) is 0 Å². The van der Waals surface area contributed by atoms with Crippen molar-refractivity contribution in [2.75, 3.05) is 13.6 Å². The van der Waals surface area contributed by atoms with Gasteiger partial charge in [-0.25, -0.2) is 0 Å². The first-order chi connectivity index (χ1) is 24.2. The van der Waals surface area contributed by atoms with E-state index in [9.17, 15) is 0 Å². The van der Waals surface area contributed by atoms with Crippen LogP contribution in [0.5, 0.6) is 0 Å². The van der Waals surface area contributed by atoms with E-state index in [1.807, 2.05) is 97.7 Å². The summed E-state index contributed by atoms with van der Waals surface area (Å²) in [6.45, 7) is 0.809. The Kier molecular flexibility index (Phi) is 8.10. The largest absolute Gasteiger partial charge is 0.370 e. The summed E-state index contributed by atoms with van der Waals surface area (Å²) in [7, 11) is 2.13. The van der Waals surface area contributed by atoms with Crippen LogP contribution in [0.1, 0.15) is 5.56 Å². The minimum Gasteiger partial charge on any atom is -0.370 e. The Morgan fingerprint density at radius 3 is 1.18 bits per heavy atom. The Morgan fingerprint density at radius 1 is 0.449 bits per heavy atom. The van der Waals surface area contributed by atoms with Crippen molar-refractivity contribution in [3.05, 3.63) is 170 Å². The van der Waals surface area contributed by atoms with Gasteiger partial charge in [0.25, 0.3) is 0 Å². The van der Waals surface area contributed by atoms with Gasteiger partial charge in [-0.1, -0.05) is 42.5 Å². The molecule has 234 valence electrons. The SMILES string of the molecule is CN1CC=CC=C1c1cc(-c2cc(-c3ccccn3)c(-c3ccccn3)c(-c3ccccn3)c2)cc(-c2ccccn2)c1-c1ccccn1. The van der Waals surface area contributed by atoms with Crippen molar-refractivity contribution < 1.29 is 0 Å². The Morgan fingerprint density at radius 2 is 0.816 bits per heavy atom. The average molecular weight is 633 g/mol. The van der Waals surface area contributed by atoms with Crippen molar-refractivity contribution in [1.82, 2.24) is 29.8 Å². The quantitative estimate of drug-likeness (QED) is 0.174. The van der Waals surface area contributed by atoms with Crippen LogP contribution in [-0.2, 0) is 0 Å². The molecular formula is C43H32N6. The Hall–Kier alpha value is -6.53. The van der Waals surface area contributed by atoms with Crippen molar-refractivity contribution in [3.8, 4) is 67.4 Å². The first-order valence-corrected chi connectivity index (χ1v) is 16.3. The lowest BCUT2D eigenvalue weighted by atomic mass is 9.85. The molecule has 0 spiro atoms. The fourth-order valence-electron chi connectivity index (χ4n) is 6.46. The molecule has 5 aromatic heterocycles. The number of aromatic nitrogens is 5. The summed E-state index contributed by atoms with van der Waals surface area (Å²) in [5, 5.41) is 0. The highest BCUT2D eigenvalue weighted by atomic mass is 15.1. The molecule has 6 heterocycles. The minimum absolute atomic E-state index is 0.809. The summed E-state index contributed by atoms with van der Waals surface area (Å²) < 4.78 is 0. The van der Waals surface area contributed by atoms with Gasteiger partial charge in [-0.05, 0) is 102 Å². The second kappa shape index (κ2) is 13.3. The molecule has 6 heteroatoms. The van der Waals surface area contributed by atoms with Crippen LogP contribution >= 0.6 is 0 Å². The molecule has 6 nitrogen and oxygen atoms in total. The van der Waals surface area contributed by atoms with Crippen LogP contribution in [0, 0.1) is 0 Å². The molecule has 1 aliphatic rings. The lowest BCUT2D eigenvalue weighted by Gasteiger charge is -2.27. The maximum Gasteiger partial charge on any atom is 0.0715 e. The van der Waals surface area contributed by atoms with Gasteiger partial charge in [-0.3, -0.25) is 24.9 Å². The Bertz CT molecular complexity index is 2230. The third kappa shape index (κ3) is 5.92. The molecule has 0 N–H and O–H groups in total. The van der Waals surface area contributed by atoms with Crippen LogP contribution < -0.4 is 0 Å². The maximum absolute atomic E-state index is 4.86. The second-order valence-electron chi connectivity index (χ2n) is 11.8. The first kappa shape index (κ1) is 29.8. The number of allylic oxidation sites excluding steroid dienone is 2. The molecule has 7 aromatic rings. The smallest absolute Gasteiger partial charge is 0.0715 e. The highest BCUT2D eigenvalue weighted by Gasteiger charge is 2.24. The van der Waals surface area contributed by atoms with E-state index in [-0.39, 0.29) is 0 Å². The highest BCUT2D eigenvalue weighted by Crippen LogP contribution is 2.45. The zero-order valence-electron chi connectivity index (χ0n) is 27.0. The molecule has 0 saturated heterocycles. The van der Waals surface area contributed by atoms with E-state index in [1.165, 1.54) is 0 Å². The summed E-state index contributed by atoms with van der Waals surface area (Å²) in [6.07, 6.45) is 15.7. The van der Waals surface area contributed by atoms with E-state index in [1.54, 1.807) is 0 Å². The number of likely N-dealkylation sites (N-methyl/N-ethyl adjacent to an activating group) is 1. The third-order valence-corrected chi connectivity index (χ3v) is 8.73. The molecule has 0 unspecified atom stereocenters. The topological polar surface area (TPSA) is 67.7 Å². The second-order valence-corrected chi connectivity index (χ2v) is 11.8. The molecule has 2 aromatic carbocycles. The van der Waals surface area contributed by atoms with Crippen LogP contribution in [-0.4, -0.2) is 43.4 Å². The van der Waals surface area contributed by atoms with Gasteiger partial charge in [0, 0.05) is 83.7 Å². The van der Waals surface area contributed by atoms with Gasteiger partial charge in [0.15, 0.2) is 0 Å².